The Morgan fingerprint density at radius 3 is 2.29 bits per heavy atom. The second-order valence-corrected chi connectivity index (χ2v) is 5.43. The summed E-state index contributed by atoms with van der Waals surface area (Å²) >= 11 is 0. The van der Waals surface area contributed by atoms with Gasteiger partial charge in [-0.1, -0.05) is 0 Å². The first-order valence-electron chi connectivity index (χ1n) is 7.00. The minimum atomic E-state index is -0.330. The maximum absolute atomic E-state index is 12.8. The van der Waals surface area contributed by atoms with E-state index < -0.39 is 0 Å². The van der Waals surface area contributed by atoms with Gasteiger partial charge in [0.2, 0.25) is 5.91 Å². The number of piperidine rings is 1. The van der Waals surface area contributed by atoms with Gasteiger partial charge in [-0.3, -0.25) is 4.79 Å². The molecule has 0 radical (unpaired) electrons. The molecule has 3 amide bonds. The van der Waals surface area contributed by atoms with Crippen molar-refractivity contribution in [3.05, 3.63) is 30.1 Å². The van der Waals surface area contributed by atoms with Gasteiger partial charge in [0.1, 0.15) is 5.82 Å². The molecule has 21 heavy (non-hydrogen) atoms. The fourth-order valence-electron chi connectivity index (χ4n) is 2.39. The Hall–Kier alpha value is -2.11. The lowest BCUT2D eigenvalue weighted by molar-refractivity contribution is -0.121. The molecule has 1 fully saturated rings. The molecular formula is C15H20FN3O2. The molecule has 1 aromatic rings. The van der Waals surface area contributed by atoms with Crippen LogP contribution in [0, 0.1) is 11.7 Å². The van der Waals surface area contributed by atoms with Gasteiger partial charge < -0.3 is 15.1 Å². The van der Waals surface area contributed by atoms with E-state index in [9.17, 15) is 14.0 Å². The lowest BCUT2D eigenvalue weighted by Gasteiger charge is -2.33. The highest BCUT2D eigenvalue weighted by Crippen LogP contribution is 2.20. The number of carbonyl (C=O) groups excluding carboxylic acids is 2. The van der Waals surface area contributed by atoms with Crippen molar-refractivity contribution in [3.63, 3.8) is 0 Å². The molecule has 114 valence electrons. The molecule has 0 saturated carbocycles. The molecule has 1 saturated heterocycles. The third kappa shape index (κ3) is 3.93. The number of amides is 3. The molecule has 1 aromatic carbocycles. The van der Waals surface area contributed by atoms with Gasteiger partial charge in [-0.05, 0) is 37.1 Å². The second-order valence-electron chi connectivity index (χ2n) is 5.43. The summed E-state index contributed by atoms with van der Waals surface area (Å²) in [5, 5.41) is 2.79. The number of rotatable bonds is 2. The van der Waals surface area contributed by atoms with Crippen LogP contribution in [0.25, 0.3) is 0 Å². The number of anilines is 1. The molecule has 2 rings (SSSR count). The fourth-order valence-corrected chi connectivity index (χ4v) is 2.39. The van der Waals surface area contributed by atoms with Gasteiger partial charge in [0.25, 0.3) is 0 Å². The van der Waals surface area contributed by atoms with E-state index in [0.717, 1.165) is 0 Å². The Morgan fingerprint density at radius 2 is 1.76 bits per heavy atom. The quantitative estimate of drug-likeness (QED) is 0.908. The van der Waals surface area contributed by atoms with Crippen LogP contribution < -0.4 is 5.32 Å². The smallest absolute Gasteiger partial charge is 0.319 e. The van der Waals surface area contributed by atoms with Crippen LogP contribution in [0.4, 0.5) is 14.9 Å². The SMILES string of the molecule is CN(C)C(=O)N1CCC(C(=O)Nc2ccc(F)cc2)CC1. The van der Waals surface area contributed by atoms with Crippen LogP contribution >= 0.6 is 0 Å². The third-order valence-corrected chi connectivity index (χ3v) is 3.63. The number of benzene rings is 1. The molecule has 0 unspecified atom stereocenters. The average Bonchev–Trinajstić information content (AvgIpc) is 2.49. The molecule has 1 heterocycles. The summed E-state index contributed by atoms with van der Waals surface area (Å²) in [5.74, 6) is -0.511. The van der Waals surface area contributed by atoms with E-state index in [0.29, 0.717) is 31.6 Å². The second kappa shape index (κ2) is 6.56. The van der Waals surface area contributed by atoms with Gasteiger partial charge in [-0.15, -0.1) is 0 Å². The van der Waals surface area contributed by atoms with Crippen LogP contribution in [-0.4, -0.2) is 48.9 Å². The summed E-state index contributed by atoms with van der Waals surface area (Å²) < 4.78 is 12.8. The zero-order chi connectivity index (χ0) is 15.4. The molecule has 1 N–H and O–H groups in total. The highest BCUT2D eigenvalue weighted by molar-refractivity contribution is 5.92. The summed E-state index contributed by atoms with van der Waals surface area (Å²) in [6.07, 6.45) is 1.29. The summed E-state index contributed by atoms with van der Waals surface area (Å²) in [6.45, 7) is 1.16. The molecule has 0 aromatic heterocycles. The molecule has 0 spiro atoms. The van der Waals surface area contributed by atoms with E-state index in [1.807, 2.05) is 0 Å². The van der Waals surface area contributed by atoms with Gasteiger partial charge in [0, 0.05) is 38.8 Å². The lowest BCUT2D eigenvalue weighted by Crippen LogP contribution is -2.45. The topological polar surface area (TPSA) is 52.7 Å². The Balaban J connectivity index is 1.86. The van der Waals surface area contributed by atoms with E-state index in [1.54, 1.807) is 23.9 Å². The average molecular weight is 293 g/mol. The highest BCUT2D eigenvalue weighted by atomic mass is 19.1. The third-order valence-electron chi connectivity index (χ3n) is 3.63. The van der Waals surface area contributed by atoms with Gasteiger partial charge in [-0.2, -0.15) is 0 Å². The van der Waals surface area contributed by atoms with Gasteiger partial charge in [0.05, 0.1) is 0 Å². The summed E-state index contributed by atoms with van der Waals surface area (Å²) in [7, 11) is 3.44. The lowest BCUT2D eigenvalue weighted by atomic mass is 9.96. The predicted octanol–water partition coefficient (Wildman–Crippen LogP) is 2.16. The summed E-state index contributed by atoms with van der Waals surface area (Å²) in [4.78, 5) is 27.2. The summed E-state index contributed by atoms with van der Waals surface area (Å²) in [6, 6.07) is 5.69. The molecule has 5 nitrogen and oxygen atoms in total. The Labute approximate surface area is 123 Å². The molecular weight excluding hydrogens is 273 g/mol. The first-order valence-corrected chi connectivity index (χ1v) is 7.00. The molecule has 1 aliphatic rings. The van der Waals surface area contributed by atoms with Crippen LogP contribution in [-0.2, 0) is 4.79 Å². The number of halogens is 1. The Bertz CT molecular complexity index is 508. The maximum Gasteiger partial charge on any atom is 0.319 e. The van der Waals surface area contributed by atoms with E-state index in [2.05, 4.69) is 5.32 Å². The van der Waals surface area contributed by atoms with Crippen molar-refractivity contribution in [1.29, 1.82) is 0 Å². The molecule has 6 heteroatoms. The first kappa shape index (κ1) is 15.3. The van der Waals surface area contributed by atoms with Crippen LogP contribution in [0.1, 0.15) is 12.8 Å². The van der Waals surface area contributed by atoms with Crippen molar-refractivity contribution in [1.82, 2.24) is 9.80 Å². The Morgan fingerprint density at radius 1 is 1.19 bits per heavy atom. The van der Waals surface area contributed by atoms with Crippen molar-refractivity contribution in [2.45, 2.75) is 12.8 Å². The minimum absolute atomic E-state index is 0.0209. The number of nitrogens with one attached hydrogen (secondary N) is 1. The molecule has 0 atom stereocenters. The van der Waals surface area contributed by atoms with Crippen LogP contribution in [0.3, 0.4) is 0 Å². The van der Waals surface area contributed by atoms with Crippen molar-refractivity contribution in [2.24, 2.45) is 5.92 Å². The van der Waals surface area contributed by atoms with E-state index in [1.165, 1.54) is 24.3 Å². The van der Waals surface area contributed by atoms with E-state index in [4.69, 9.17) is 0 Å². The van der Waals surface area contributed by atoms with Gasteiger partial charge in [0.15, 0.2) is 0 Å². The number of urea groups is 1. The predicted molar refractivity (Wildman–Crippen MR) is 78.4 cm³/mol. The van der Waals surface area contributed by atoms with E-state index >= 15 is 0 Å². The molecule has 1 aliphatic heterocycles. The monoisotopic (exact) mass is 293 g/mol. The number of nitrogens with zero attached hydrogens (tertiary/aromatic N) is 2. The number of likely N-dealkylation sites (tertiary alicyclic amines) is 1. The highest BCUT2D eigenvalue weighted by Gasteiger charge is 2.27. The van der Waals surface area contributed by atoms with Crippen LogP contribution in [0.2, 0.25) is 0 Å². The summed E-state index contributed by atoms with van der Waals surface area (Å²) in [5.41, 5.74) is 0.591. The zero-order valence-corrected chi connectivity index (χ0v) is 12.3. The number of carbonyl (C=O) groups is 2. The zero-order valence-electron chi connectivity index (χ0n) is 12.3. The van der Waals surface area contributed by atoms with Gasteiger partial charge in [-0.25, -0.2) is 9.18 Å². The first-order chi connectivity index (χ1) is 9.97. The fraction of sp³-hybridized carbons (Fsp3) is 0.467. The van der Waals surface area contributed by atoms with Gasteiger partial charge >= 0.3 is 6.03 Å². The van der Waals surface area contributed by atoms with Crippen molar-refractivity contribution >= 4 is 17.6 Å². The normalized spacial score (nSPS) is 15.7. The van der Waals surface area contributed by atoms with Crippen LogP contribution in [0.5, 0.6) is 0 Å². The van der Waals surface area contributed by atoms with E-state index in [-0.39, 0.29) is 23.7 Å². The van der Waals surface area contributed by atoms with Crippen molar-refractivity contribution < 1.29 is 14.0 Å². The largest absolute Gasteiger partial charge is 0.331 e. The van der Waals surface area contributed by atoms with Crippen molar-refractivity contribution in [2.75, 3.05) is 32.5 Å². The minimum Gasteiger partial charge on any atom is -0.331 e. The van der Waals surface area contributed by atoms with Crippen LogP contribution in [0.15, 0.2) is 24.3 Å². The number of hydrogen-bond donors (Lipinski definition) is 1. The molecule has 0 bridgehead atoms. The number of hydrogen-bond acceptors (Lipinski definition) is 2. The Kier molecular flexibility index (Phi) is 4.77. The van der Waals surface area contributed by atoms with Crippen molar-refractivity contribution in [3.8, 4) is 0 Å². The molecule has 0 aliphatic carbocycles. The standard InChI is InChI=1S/C15H20FN3O2/c1-18(2)15(21)19-9-7-11(8-10-19)14(20)17-13-5-3-12(16)4-6-13/h3-6,11H,7-10H2,1-2H3,(H,17,20). The maximum atomic E-state index is 12.8.